The molecule has 15 heteroatoms. The molecule has 174 valence electrons. The van der Waals surface area contributed by atoms with Crippen LogP contribution in [0.15, 0.2) is 12.7 Å². The summed E-state index contributed by atoms with van der Waals surface area (Å²) < 4.78 is 34.4. The summed E-state index contributed by atoms with van der Waals surface area (Å²) in [7, 11) is -4.53. The molecule has 2 aliphatic rings. The number of carbonyl (C=O) groups excluding carboxylic acids is 2. The number of anilines is 1. The van der Waals surface area contributed by atoms with E-state index < -0.39 is 38.3 Å². The number of phosphoric acid groups is 1. The zero-order valence-corrected chi connectivity index (χ0v) is 21.4. The number of nitrogens with zero attached hydrogens (tertiary/aromatic N) is 4. The van der Waals surface area contributed by atoms with Gasteiger partial charge in [0.15, 0.2) is 35.6 Å². The monoisotopic (exact) mass is 491 g/mol. The van der Waals surface area contributed by atoms with Crippen molar-refractivity contribution in [3.63, 3.8) is 0 Å². The van der Waals surface area contributed by atoms with E-state index in [1.165, 1.54) is 17.2 Å². The summed E-state index contributed by atoms with van der Waals surface area (Å²) in [5.41, 5.74) is 0.610. The number of rotatable bonds is 7. The summed E-state index contributed by atoms with van der Waals surface area (Å²) in [4.78, 5) is 48.6. The molecule has 0 radical (unpaired) electrons. The Hall–Kier alpha value is -1.44. The van der Waals surface area contributed by atoms with Crippen molar-refractivity contribution in [2.24, 2.45) is 5.92 Å². The summed E-state index contributed by atoms with van der Waals surface area (Å²) in [6, 6.07) is 0. The molecule has 2 aliphatic heterocycles. The average Bonchev–Trinajstić information content (AvgIpc) is 3.29. The topological polar surface area (TPSA) is 167 Å². The molecule has 2 saturated heterocycles. The Morgan fingerprint density at radius 1 is 1.27 bits per heavy atom. The number of hydrogen-bond donors (Lipinski definition) is 1. The van der Waals surface area contributed by atoms with Crippen LogP contribution in [0.4, 0.5) is 5.82 Å². The van der Waals surface area contributed by atoms with Crippen LogP contribution in [0.2, 0.25) is 0 Å². The summed E-state index contributed by atoms with van der Waals surface area (Å²) in [5.74, 6) is -1.13. The zero-order chi connectivity index (χ0) is 22.9. The molecule has 1 amide bonds. The van der Waals surface area contributed by atoms with E-state index in [2.05, 4.69) is 20.3 Å². The van der Waals surface area contributed by atoms with E-state index in [9.17, 15) is 19.0 Å². The van der Waals surface area contributed by atoms with Crippen LogP contribution in [-0.4, -0.2) is 50.4 Å². The molecule has 4 rings (SSSR count). The standard InChI is InChI=1S/C18H24N5O8P.Na/c1-3-5-11(24)22-15-13-16(20-8-19-15)23(9-21-13)17-14(29-12(25)6-4-2)10-7-28-32(26,27)31-18(10)30-17;/h8-10,14,17-18H,3-7H2,1-2H3,(H,26,27)(H,19,20,22,24);/q;+1/p-1/t10-,14+,17+,18+;/m0./s1. The minimum absolute atomic E-state index is 0. The fourth-order valence-corrected chi connectivity index (χ4v) is 4.51. The Kier molecular flexibility index (Phi) is 8.62. The van der Waals surface area contributed by atoms with E-state index in [0.717, 1.165) is 0 Å². The van der Waals surface area contributed by atoms with Crippen molar-refractivity contribution in [1.29, 1.82) is 0 Å². The summed E-state index contributed by atoms with van der Waals surface area (Å²) >= 11 is 0. The van der Waals surface area contributed by atoms with Crippen LogP contribution < -0.4 is 39.8 Å². The molecular formula is C18H23N5NaO8P. The van der Waals surface area contributed by atoms with Crippen LogP contribution in [0.1, 0.15) is 45.8 Å². The molecule has 1 N–H and O–H groups in total. The number of esters is 1. The second-order valence-electron chi connectivity index (χ2n) is 7.46. The maximum Gasteiger partial charge on any atom is 1.00 e. The van der Waals surface area contributed by atoms with Gasteiger partial charge in [-0.3, -0.25) is 23.2 Å². The van der Waals surface area contributed by atoms with Crippen molar-refractivity contribution in [3.05, 3.63) is 12.7 Å². The van der Waals surface area contributed by atoms with Gasteiger partial charge < -0.3 is 24.2 Å². The second-order valence-corrected chi connectivity index (χ2v) is 8.82. The number of aromatic nitrogens is 4. The fraction of sp³-hybridized carbons (Fsp3) is 0.611. The number of carbonyl (C=O) groups is 2. The molecule has 5 atom stereocenters. The smallest absolute Gasteiger partial charge is 0.756 e. The summed E-state index contributed by atoms with van der Waals surface area (Å²) in [6.07, 6.45) is 1.32. The van der Waals surface area contributed by atoms with Crippen molar-refractivity contribution in [3.8, 4) is 0 Å². The third kappa shape index (κ3) is 5.63. The minimum Gasteiger partial charge on any atom is -0.756 e. The summed E-state index contributed by atoms with van der Waals surface area (Å²) in [5, 5.41) is 2.70. The van der Waals surface area contributed by atoms with Crippen LogP contribution in [0.3, 0.4) is 0 Å². The molecule has 4 heterocycles. The van der Waals surface area contributed by atoms with E-state index in [4.69, 9.17) is 18.5 Å². The number of nitrogens with one attached hydrogen (secondary N) is 1. The molecule has 0 bridgehead atoms. The van der Waals surface area contributed by atoms with E-state index in [1.807, 2.05) is 13.8 Å². The van der Waals surface area contributed by atoms with Crippen molar-refractivity contribution >= 4 is 36.7 Å². The molecule has 0 aliphatic carbocycles. The predicted molar refractivity (Wildman–Crippen MR) is 106 cm³/mol. The molecule has 2 aromatic heterocycles. The van der Waals surface area contributed by atoms with Gasteiger partial charge in [-0.2, -0.15) is 0 Å². The molecular weight excluding hydrogens is 468 g/mol. The van der Waals surface area contributed by atoms with Crippen LogP contribution >= 0.6 is 7.82 Å². The van der Waals surface area contributed by atoms with Gasteiger partial charge in [0.05, 0.1) is 18.9 Å². The SMILES string of the molecule is CCCC(=O)Nc1ncnc2c1ncn2[C@@H]1O[C@@H]2OP(=O)([O-])OC[C@H]2[C@H]1OC(=O)CCC.[Na+]. The molecule has 13 nitrogen and oxygen atoms in total. The normalized spacial score (nSPS) is 28.7. The first-order chi connectivity index (χ1) is 15.3. The average molecular weight is 491 g/mol. The van der Waals surface area contributed by atoms with Gasteiger partial charge in [-0.1, -0.05) is 13.8 Å². The van der Waals surface area contributed by atoms with Crippen LogP contribution in [-0.2, 0) is 32.7 Å². The first kappa shape index (κ1) is 26.2. The maximum atomic E-state index is 12.2. The fourth-order valence-electron chi connectivity index (χ4n) is 3.63. The first-order valence-electron chi connectivity index (χ1n) is 10.3. The van der Waals surface area contributed by atoms with Gasteiger partial charge in [0.1, 0.15) is 6.33 Å². The van der Waals surface area contributed by atoms with E-state index in [1.54, 1.807) is 0 Å². The van der Waals surface area contributed by atoms with Gasteiger partial charge in [-0.25, -0.2) is 15.0 Å². The summed E-state index contributed by atoms with van der Waals surface area (Å²) in [6.45, 7) is 3.46. The third-order valence-electron chi connectivity index (χ3n) is 5.07. The number of fused-ring (bicyclic) bond motifs is 2. The number of amides is 1. The number of hydrogen-bond acceptors (Lipinski definition) is 11. The molecule has 0 aromatic carbocycles. The van der Waals surface area contributed by atoms with E-state index >= 15 is 0 Å². The van der Waals surface area contributed by atoms with Gasteiger partial charge >= 0.3 is 35.5 Å². The molecule has 33 heavy (non-hydrogen) atoms. The molecule has 2 aromatic rings. The van der Waals surface area contributed by atoms with Crippen molar-refractivity contribution in [1.82, 2.24) is 19.5 Å². The number of ether oxygens (including phenoxy) is 2. The molecule has 0 saturated carbocycles. The Morgan fingerprint density at radius 3 is 2.76 bits per heavy atom. The number of imidazole rings is 1. The first-order valence-corrected chi connectivity index (χ1v) is 11.7. The second kappa shape index (κ2) is 10.9. The van der Waals surface area contributed by atoms with Crippen LogP contribution in [0, 0.1) is 5.92 Å². The zero-order valence-electron chi connectivity index (χ0n) is 18.5. The van der Waals surface area contributed by atoms with E-state index in [-0.39, 0.29) is 54.3 Å². The van der Waals surface area contributed by atoms with Gasteiger partial charge in [0.25, 0.3) is 7.82 Å². The van der Waals surface area contributed by atoms with Crippen molar-refractivity contribution in [2.75, 3.05) is 11.9 Å². The quantitative estimate of drug-likeness (QED) is 0.265. The molecule has 2 fully saturated rings. The van der Waals surface area contributed by atoms with Crippen LogP contribution in [0.25, 0.3) is 11.2 Å². The van der Waals surface area contributed by atoms with Gasteiger partial charge in [-0.05, 0) is 12.8 Å². The van der Waals surface area contributed by atoms with E-state index in [0.29, 0.717) is 30.4 Å². The van der Waals surface area contributed by atoms with Crippen molar-refractivity contribution < 1.29 is 67.1 Å². The third-order valence-corrected chi connectivity index (χ3v) is 6.01. The van der Waals surface area contributed by atoms with Gasteiger partial charge in [0, 0.05) is 12.8 Å². The number of phosphoric ester groups is 1. The Balaban J connectivity index is 0.00000306. The molecule has 0 spiro atoms. The minimum atomic E-state index is -4.53. The van der Waals surface area contributed by atoms with Crippen LogP contribution in [0.5, 0.6) is 0 Å². The maximum absolute atomic E-state index is 12.2. The Morgan fingerprint density at radius 2 is 2.03 bits per heavy atom. The van der Waals surface area contributed by atoms with Gasteiger partial charge in [-0.15, -0.1) is 0 Å². The Bertz CT molecular complexity index is 1070. The molecule has 1 unspecified atom stereocenters. The predicted octanol–water partition coefficient (Wildman–Crippen LogP) is -1.73. The Labute approximate surface area is 211 Å². The largest absolute Gasteiger partial charge is 1.00 e. The van der Waals surface area contributed by atoms with Crippen molar-refractivity contribution in [2.45, 2.75) is 58.2 Å². The van der Waals surface area contributed by atoms with Gasteiger partial charge in [0.2, 0.25) is 5.91 Å².